The standard InChI is InChI=1S/C14H26/c1-4-12-8-7-10-13(2)9-5-6-11-14(12,13)3/h12H,4-11H2,1-3H3/t12?,13?,14-/m0/s1. The molecule has 0 nitrogen and oxygen atoms in total. The van der Waals surface area contributed by atoms with Crippen LogP contribution in [0.1, 0.15) is 72.1 Å². The van der Waals surface area contributed by atoms with Gasteiger partial charge in [-0.2, -0.15) is 0 Å². The molecule has 0 heterocycles. The summed E-state index contributed by atoms with van der Waals surface area (Å²) in [6.07, 6.45) is 11.9. The largest absolute Gasteiger partial charge is 0.0651 e. The number of rotatable bonds is 1. The molecule has 14 heavy (non-hydrogen) atoms. The maximum Gasteiger partial charge on any atom is -0.0244 e. The van der Waals surface area contributed by atoms with Crippen molar-refractivity contribution in [2.45, 2.75) is 72.1 Å². The molecule has 0 aromatic heterocycles. The number of fused-ring (bicyclic) bond motifs is 1. The van der Waals surface area contributed by atoms with Crippen molar-refractivity contribution in [2.24, 2.45) is 16.7 Å². The van der Waals surface area contributed by atoms with E-state index in [-0.39, 0.29) is 0 Å². The molecule has 0 aromatic rings. The normalized spacial score (nSPS) is 48.6. The van der Waals surface area contributed by atoms with Crippen LogP contribution in [0.3, 0.4) is 0 Å². The molecule has 82 valence electrons. The molecular formula is C14H26. The van der Waals surface area contributed by atoms with Crippen molar-refractivity contribution in [3.8, 4) is 0 Å². The molecule has 0 saturated heterocycles. The van der Waals surface area contributed by atoms with Crippen LogP contribution in [0.5, 0.6) is 0 Å². The van der Waals surface area contributed by atoms with Gasteiger partial charge in [0.2, 0.25) is 0 Å². The first kappa shape index (κ1) is 10.5. The molecule has 0 radical (unpaired) electrons. The van der Waals surface area contributed by atoms with Crippen LogP contribution in [-0.2, 0) is 0 Å². The molecule has 0 aliphatic heterocycles. The molecule has 2 unspecified atom stereocenters. The quantitative estimate of drug-likeness (QED) is 0.563. The molecule has 3 atom stereocenters. The van der Waals surface area contributed by atoms with Crippen LogP contribution in [0.15, 0.2) is 0 Å². The molecule has 0 heteroatoms. The first-order chi connectivity index (χ1) is 6.62. The van der Waals surface area contributed by atoms with Gasteiger partial charge in [0, 0.05) is 0 Å². The minimum absolute atomic E-state index is 0.679. The van der Waals surface area contributed by atoms with E-state index in [0.717, 1.165) is 5.92 Å². The maximum atomic E-state index is 2.60. The fourth-order valence-electron chi connectivity index (χ4n) is 4.41. The van der Waals surface area contributed by atoms with Crippen LogP contribution in [0.2, 0.25) is 0 Å². The Morgan fingerprint density at radius 3 is 2.36 bits per heavy atom. The Morgan fingerprint density at radius 1 is 1.00 bits per heavy atom. The van der Waals surface area contributed by atoms with Crippen LogP contribution in [0.4, 0.5) is 0 Å². The van der Waals surface area contributed by atoms with Gasteiger partial charge >= 0.3 is 0 Å². The summed E-state index contributed by atoms with van der Waals surface area (Å²) in [7, 11) is 0. The first-order valence-electron chi connectivity index (χ1n) is 6.62. The topological polar surface area (TPSA) is 0 Å². The van der Waals surface area contributed by atoms with Crippen molar-refractivity contribution in [3.63, 3.8) is 0 Å². The summed E-state index contributed by atoms with van der Waals surface area (Å²) < 4.78 is 0. The molecule has 0 aromatic carbocycles. The molecular weight excluding hydrogens is 168 g/mol. The average molecular weight is 194 g/mol. The second kappa shape index (κ2) is 3.54. The zero-order valence-electron chi connectivity index (χ0n) is 10.2. The van der Waals surface area contributed by atoms with Crippen molar-refractivity contribution >= 4 is 0 Å². The van der Waals surface area contributed by atoms with Gasteiger partial charge in [0.1, 0.15) is 0 Å². The molecule has 2 aliphatic carbocycles. The Morgan fingerprint density at radius 2 is 1.64 bits per heavy atom. The zero-order valence-corrected chi connectivity index (χ0v) is 10.2. The minimum atomic E-state index is 0.679. The predicted octanol–water partition coefficient (Wildman–Crippen LogP) is 4.78. The van der Waals surface area contributed by atoms with Gasteiger partial charge in [0.15, 0.2) is 0 Å². The smallest absolute Gasteiger partial charge is 0.0244 e. The second-order valence-electron chi connectivity index (χ2n) is 6.18. The van der Waals surface area contributed by atoms with Crippen LogP contribution >= 0.6 is 0 Å². The fraction of sp³-hybridized carbons (Fsp3) is 1.00. The van der Waals surface area contributed by atoms with Gasteiger partial charge in [-0.25, -0.2) is 0 Å². The summed E-state index contributed by atoms with van der Waals surface area (Å²) in [6.45, 7) is 7.57. The molecule has 2 fully saturated rings. The highest BCUT2D eigenvalue weighted by Gasteiger charge is 2.51. The van der Waals surface area contributed by atoms with E-state index in [4.69, 9.17) is 0 Å². The van der Waals surface area contributed by atoms with E-state index in [1.807, 2.05) is 0 Å². The van der Waals surface area contributed by atoms with Crippen LogP contribution in [-0.4, -0.2) is 0 Å². The van der Waals surface area contributed by atoms with E-state index in [0.29, 0.717) is 10.8 Å². The number of hydrogen-bond donors (Lipinski definition) is 0. The highest BCUT2D eigenvalue weighted by Crippen LogP contribution is 2.61. The Bertz CT molecular complexity index is 204. The van der Waals surface area contributed by atoms with Gasteiger partial charge in [-0.05, 0) is 42.4 Å². The van der Waals surface area contributed by atoms with Crippen molar-refractivity contribution in [1.29, 1.82) is 0 Å². The van der Waals surface area contributed by atoms with Gasteiger partial charge in [-0.15, -0.1) is 0 Å². The summed E-state index contributed by atoms with van der Waals surface area (Å²) in [5.41, 5.74) is 1.36. The van der Waals surface area contributed by atoms with E-state index >= 15 is 0 Å². The third-order valence-electron chi connectivity index (χ3n) is 5.73. The van der Waals surface area contributed by atoms with Gasteiger partial charge in [-0.1, -0.05) is 46.5 Å². The Kier molecular flexibility index (Phi) is 2.66. The minimum Gasteiger partial charge on any atom is -0.0651 e. The van der Waals surface area contributed by atoms with Crippen molar-refractivity contribution < 1.29 is 0 Å². The summed E-state index contributed by atoms with van der Waals surface area (Å²) in [5, 5.41) is 0. The lowest BCUT2D eigenvalue weighted by atomic mass is 9.47. The first-order valence-corrected chi connectivity index (χ1v) is 6.62. The Labute approximate surface area is 89.5 Å². The van der Waals surface area contributed by atoms with Crippen molar-refractivity contribution in [2.75, 3.05) is 0 Å². The van der Waals surface area contributed by atoms with Gasteiger partial charge in [0.25, 0.3) is 0 Å². The monoisotopic (exact) mass is 194 g/mol. The van der Waals surface area contributed by atoms with Crippen molar-refractivity contribution in [1.82, 2.24) is 0 Å². The summed E-state index contributed by atoms with van der Waals surface area (Å²) in [5.74, 6) is 1.02. The van der Waals surface area contributed by atoms with E-state index < -0.39 is 0 Å². The highest BCUT2D eigenvalue weighted by molar-refractivity contribution is 5.01. The van der Waals surface area contributed by atoms with Crippen LogP contribution in [0.25, 0.3) is 0 Å². The zero-order chi connectivity index (χ0) is 10.2. The van der Waals surface area contributed by atoms with E-state index in [9.17, 15) is 0 Å². The Balaban J connectivity index is 2.26. The average Bonchev–Trinajstić information content (AvgIpc) is 2.17. The summed E-state index contributed by atoms with van der Waals surface area (Å²) in [6, 6.07) is 0. The number of hydrogen-bond acceptors (Lipinski definition) is 0. The van der Waals surface area contributed by atoms with E-state index in [1.54, 1.807) is 0 Å². The Hall–Kier alpha value is 0. The SMILES string of the molecule is CCC1CCCC2(C)CCCC[C@@]12C. The third kappa shape index (κ3) is 1.33. The lowest BCUT2D eigenvalue weighted by Crippen LogP contribution is -2.48. The molecule has 0 bridgehead atoms. The van der Waals surface area contributed by atoms with Gasteiger partial charge in [0.05, 0.1) is 0 Å². The van der Waals surface area contributed by atoms with Crippen LogP contribution in [0, 0.1) is 16.7 Å². The third-order valence-corrected chi connectivity index (χ3v) is 5.73. The molecule has 0 N–H and O–H groups in total. The van der Waals surface area contributed by atoms with E-state index in [2.05, 4.69) is 20.8 Å². The predicted molar refractivity (Wildman–Crippen MR) is 62.3 cm³/mol. The van der Waals surface area contributed by atoms with Gasteiger partial charge < -0.3 is 0 Å². The molecule has 2 saturated carbocycles. The molecule has 2 rings (SSSR count). The summed E-state index contributed by atoms with van der Waals surface area (Å²) in [4.78, 5) is 0. The maximum absolute atomic E-state index is 2.60. The lowest BCUT2D eigenvalue weighted by molar-refractivity contribution is -0.0755. The highest BCUT2D eigenvalue weighted by atomic mass is 14.6. The fourth-order valence-corrected chi connectivity index (χ4v) is 4.41. The van der Waals surface area contributed by atoms with E-state index in [1.165, 1.54) is 51.4 Å². The lowest BCUT2D eigenvalue weighted by Gasteiger charge is -2.58. The molecule has 0 amide bonds. The molecule has 2 aliphatic rings. The van der Waals surface area contributed by atoms with Crippen LogP contribution < -0.4 is 0 Å². The second-order valence-corrected chi connectivity index (χ2v) is 6.18. The van der Waals surface area contributed by atoms with Crippen molar-refractivity contribution in [3.05, 3.63) is 0 Å². The summed E-state index contributed by atoms with van der Waals surface area (Å²) >= 11 is 0. The van der Waals surface area contributed by atoms with Gasteiger partial charge in [-0.3, -0.25) is 0 Å². The molecule has 0 spiro atoms.